The van der Waals surface area contributed by atoms with Crippen molar-refractivity contribution in [3.05, 3.63) is 90.0 Å². The summed E-state index contributed by atoms with van der Waals surface area (Å²) in [7, 11) is -3.73. The molecule has 3 rings (SSSR count). The first-order chi connectivity index (χ1) is 16.3. The Balaban J connectivity index is 0.000000287. The van der Waals surface area contributed by atoms with Crippen LogP contribution in [0.2, 0.25) is 0 Å². The van der Waals surface area contributed by atoms with E-state index in [1.807, 2.05) is 6.92 Å². The van der Waals surface area contributed by atoms with Crippen molar-refractivity contribution in [2.75, 3.05) is 26.4 Å². The second-order valence-corrected chi connectivity index (χ2v) is 8.74. The molecule has 184 valence electrons. The first kappa shape index (κ1) is 27.2. The molecule has 0 heterocycles. The Kier molecular flexibility index (Phi) is 11.5. The minimum Gasteiger partial charge on any atom is -0.494 e. The van der Waals surface area contributed by atoms with Crippen LogP contribution in [0.25, 0.3) is 0 Å². The Morgan fingerprint density at radius 2 is 1.18 bits per heavy atom. The van der Waals surface area contributed by atoms with E-state index in [4.69, 9.17) is 18.8 Å². The summed E-state index contributed by atoms with van der Waals surface area (Å²) in [6, 6.07) is 17.9. The molecule has 0 aromatic heterocycles. The summed E-state index contributed by atoms with van der Waals surface area (Å²) in [6.07, 6.45) is 1.000. The zero-order valence-corrected chi connectivity index (χ0v) is 19.6. The molecular weight excluding hydrogens is 466 g/mol. The fraction of sp³-hybridized carbons (Fsp3) is 0.280. The first-order valence-electron chi connectivity index (χ1n) is 10.6. The number of aliphatic hydroxyl groups is 1. The Hall–Kier alpha value is -3.01. The monoisotopic (exact) mass is 494 g/mol. The Morgan fingerprint density at radius 3 is 1.65 bits per heavy atom. The van der Waals surface area contributed by atoms with E-state index in [0.717, 1.165) is 5.56 Å². The summed E-state index contributed by atoms with van der Waals surface area (Å²) in [6.45, 7) is 2.76. The van der Waals surface area contributed by atoms with Gasteiger partial charge in [-0.25, -0.2) is 8.78 Å². The van der Waals surface area contributed by atoms with Crippen LogP contribution in [0.15, 0.2) is 77.7 Å². The average molecular weight is 495 g/mol. The quantitative estimate of drug-likeness (QED) is 0.302. The van der Waals surface area contributed by atoms with Gasteiger partial charge in [-0.1, -0.05) is 17.7 Å². The van der Waals surface area contributed by atoms with Gasteiger partial charge in [-0.3, -0.25) is 4.18 Å². The molecule has 0 amide bonds. The van der Waals surface area contributed by atoms with E-state index in [-0.39, 0.29) is 36.4 Å². The third kappa shape index (κ3) is 10.3. The van der Waals surface area contributed by atoms with Crippen molar-refractivity contribution in [3.8, 4) is 11.5 Å². The summed E-state index contributed by atoms with van der Waals surface area (Å²) in [5.41, 5.74) is 0.978. The van der Waals surface area contributed by atoms with E-state index in [0.29, 0.717) is 30.9 Å². The standard InChI is InChI=1S/C16H17FO4S.C9H11FO2/c1-13-3-9-16(10-4-13)22(18,19)21-12-2-11-20-15-7-5-14(17)6-8-15;10-8-2-4-9(5-3-8)12-7-1-6-11/h3-10H,2,11-12H2,1H3;2-5,11H,1,6-7H2. The molecule has 0 atom stereocenters. The molecule has 9 heteroatoms. The largest absolute Gasteiger partial charge is 0.494 e. The van der Waals surface area contributed by atoms with Gasteiger partial charge >= 0.3 is 0 Å². The molecule has 0 aliphatic rings. The van der Waals surface area contributed by atoms with E-state index in [1.165, 1.54) is 48.5 Å². The van der Waals surface area contributed by atoms with Crippen LogP contribution in [-0.4, -0.2) is 40.0 Å². The number of aliphatic hydroxyl groups excluding tert-OH is 1. The number of benzene rings is 3. The first-order valence-corrected chi connectivity index (χ1v) is 12.0. The van der Waals surface area contributed by atoms with Gasteiger partial charge in [0.1, 0.15) is 23.1 Å². The number of hydrogen-bond acceptors (Lipinski definition) is 6. The van der Waals surface area contributed by atoms with E-state index in [1.54, 1.807) is 24.3 Å². The third-order valence-electron chi connectivity index (χ3n) is 4.30. The lowest BCUT2D eigenvalue weighted by Crippen LogP contribution is -2.10. The summed E-state index contributed by atoms with van der Waals surface area (Å²) in [5, 5.41) is 8.45. The van der Waals surface area contributed by atoms with Crippen molar-refractivity contribution >= 4 is 10.1 Å². The van der Waals surface area contributed by atoms with Gasteiger partial charge in [-0.2, -0.15) is 8.42 Å². The topological polar surface area (TPSA) is 82.1 Å². The highest BCUT2D eigenvalue weighted by Gasteiger charge is 2.14. The zero-order valence-electron chi connectivity index (χ0n) is 18.8. The van der Waals surface area contributed by atoms with Crippen LogP contribution in [0.5, 0.6) is 11.5 Å². The molecule has 6 nitrogen and oxygen atoms in total. The Bertz CT molecular complexity index is 1070. The maximum Gasteiger partial charge on any atom is 0.296 e. The third-order valence-corrected chi connectivity index (χ3v) is 5.63. The highest BCUT2D eigenvalue weighted by Crippen LogP contribution is 2.14. The second-order valence-electron chi connectivity index (χ2n) is 7.12. The van der Waals surface area contributed by atoms with Gasteiger partial charge < -0.3 is 14.6 Å². The van der Waals surface area contributed by atoms with Gasteiger partial charge in [0.25, 0.3) is 10.1 Å². The molecule has 0 fully saturated rings. The van der Waals surface area contributed by atoms with Crippen LogP contribution in [0.3, 0.4) is 0 Å². The SMILES string of the molecule is Cc1ccc(S(=O)(=O)OCCCOc2ccc(F)cc2)cc1.OCCCOc1ccc(F)cc1. The van der Waals surface area contributed by atoms with Crippen LogP contribution < -0.4 is 9.47 Å². The number of hydrogen-bond donors (Lipinski definition) is 1. The Morgan fingerprint density at radius 1 is 0.706 bits per heavy atom. The van der Waals surface area contributed by atoms with Crippen molar-refractivity contribution in [3.63, 3.8) is 0 Å². The lowest BCUT2D eigenvalue weighted by Gasteiger charge is -2.07. The Labute approximate surface area is 198 Å². The van der Waals surface area contributed by atoms with Crippen LogP contribution >= 0.6 is 0 Å². The fourth-order valence-electron chi connectivity index (χ4n) is 2.51. The van der Waals surface area contributed by atoms with Crippen molar-refractivity contribution in [2.45, 2.75) is 24.7 Å². The molecule has 3 aromatic carbocycles. The average Bonchev–Trinajstić information content (AvgIpc) is 2.82. The maximum atomic E-state index is 12.7. The summed E-state index contributed by atoms with van der Waals surface area (Å²) >= 11 is 0. The van der Waals surface area contributed by atoms with Crippen LogP contribution in [0.4, 0.5) is 8.78 Å². The van der Waals surface area contributed by atoms with Gasteiger partial charge in [0.05, 0.1) is 24.7 Å². The van der Waals surface area contributed by atoms with Crippen molar-refractivity contribution in [2.24, 2.45) is 0 Å². The van der Waals surface area contributed by atoms with Gasteiger partial charge in [-0.05, 0) is 67.6 Å². The number of aryl methyl sites for hydroxylation is 1. The predicted molar refractivity (Wildman–Crippen MR) is 124 cm³/mol. The molecule has 0 aliphatic carbocycles. The minimum atomic E-state index is -3.73. The lowest BCUT2D eigenvalue weighted by molar-refractivity contribution is 0.233. The van der Waals surface area contributed by atoms with Crippen molar-refractivity contribution < 1.29 is 36.0 Å². The minimum absolute atomic E-state index is 0.0252. The molecule has 0 unspecified atom stereocenters. The molecule has 0 saturated heterocycles. The number of ether oxygens (including phenoxy) is 2. The van der Waals surface area contributed by atoms with Crippen LogP contribution in [0.1, 0.15) is 18.4 Å². The molecule has 0 radical (unpaired) electrons. The summed E-state index contributed by atoms with van der Waals surface area (Å²) < 4.78 is 64.4. The molecule has 1 N–H and O–H groups in total. The van der Waals surface area contributed by atoms with Gasteiger partial charge in [0, 0.05) is 19.4 Å². The highest BCUT2D eigenvalue weighted by atomic mass is 32.2. The van der Waals surface area contributed by atoms with Crippen molar-refractivity contribution in [1.29, 1.82) is 0 Å². The van der Waals surface area contributed by atoms with Crippen molar-refractivity contribution in [1.82, 2.24) is 0 Å². The van der Waals surface area contributed by atoms with Crippen LogP contribution in [0, 0.1) is 18.6 Å². The molecule has 0 aliphatic heterocycles. The maximum absolute atomic E-state index is 12.7. The zero-order chi connectivity index (χ0) is 24.8. The van der Waals surface area contributed by atoms with E-state index in [2.05, 4.69) is 0 Å². The normalized spacial score (nSPS) is 10.8. The molecular formula is C25H28F2O6S. The molecule has 0 saturated carbocycles. The van der Waals surface area contributed by atoms with Gasteiger partial charge in [0.2, 0.25) is 0 Å². The predicted octanol–water partition coefficient (Wildman–Crippen LogP) is 4.90. The molecule has 3 aromatic rings. The fourth-order valence-corrected chi connectivity index (χ4v) is 3.45. The summed E-state index contributed by atoms with van der Waals surface area (Å²) in [5.74, 6) is 0.553. The van der Waals surface area contributed by atoms with Gasteiger partial charge in [-0.15, -0.1) is 0 Å². The van der Waals surface area contributed by atoms with E-state index >= 15 is 0 Å². The van der Waals surface area contributed by atoms with E-state index < -0.39 is 10.1 Å². The summed E-state index contributed by atoms with van der Waals surface area (Å²) in [4.78, 5) is 0.137. The molecule has 0 spiro atoms. The number of halogens is 2. The second kappa shape index (κ2) is 14.3. The highest BCUT2D eigenvalue weighted by molar-refractivity contribution is 7.86. The van der Waals surface area contributed by atoms with Gasteiger partial charge in [0.15, 0.2) is 0 Å². The number of rotatable bonds is 11. The molecule has 0 bridgehead atoms. The van der Waals surface area contributed by atoms with Crippen LogP contribution in [-0.2, 0) is 14.3 Å². The lowest BCUT2D eigenvalue weighted by atomic mass is 10.2. The smallest absolute Gasteiger partial charge is 0.296 e. The molecule has 34 heavy (non-hydrogen) atoms. The van der Waals surface area contributed by atoms with E-state index in [9.17, 15) is 17.2 Å².